The van der Waals surface area contributed by atoms with Crippen LogP contribution in [0.25, 0.3) is 0 Å². The predicted molar refractivity (Wildman–Crippen MR) is 82.7 cm³/mol. The zero-order valence-corrected chi connectivity index (χ0v) is 12.7. The van der Waals surface area contributed by atoms with Crippen LogP contribution in [0, 0.1) is 13.8 Å². The zero-order valence-electron chi connectivity index (χ0n) is 11.9. The van der Waals surface area contributed by atoms with Crippen molar-refractivity contribution in [2.75, 3.05) is 36.0 Å². The largest absolute Gasteiger partial charge is 0.370 e. The van der Waals surface area contributed by atoms with Crippen LogP contribution in [-0.2, 0) is 0 Å². The van der Waals surface area contributed by atoms with Gasteiger partial charge in [-0.25, -0.2) is 4.98 Å². The third-order valence-electron chi connectivity index (χ3n) is 3.53. The second-order valence-electron chi connectivity index (χ2n) is 5.11. The van der Waals surface area contributed by atoms with Crippen LogP contribution in [0.5, 0.6) is 0 Å². The molecule has 0 bridgehead atoms. The number of nitrogens with zero attached hydrogens (tertiary/aromatic N) is 5. The van der Waals surface area contributed by atoms with Gasteiger partial charge < -0.3 is 9.80 Å². The Balaban J connectivity index is 1.70. The molecule has 1 saturated heterocycles. The first kappa shape index (κ1) is 13.3. The van der Waals surface area contributed by atoms with E-state index in [1.165, 1.54) is 17.2 Å². The summed E-state index contributed by atoms with van der Waals surface area (Å²) in [5, 5.41) is 1.05. The van der Waals surface area contributed by atoms with E-state index in [0.29, 0.717) is 0 Å². The molecule has 1 aliphatic heterocycles. The van der Waals surface area contributed by atoms with E-state index < -0.39 is 0 Å². The molecule has 1 fully saturated rings. The van der Waals surface area contributed by atoms with Gasteiger partial charge in [0.05, 0.1) is 0 Å². The lowest BCUT2D eigenvalue weighted by molar-refractivity contribution is 0.802. The Kier molecular flexibility index (Phi) is 3.82. The Morgan fingerprint density at radius 1 is 1.10 bits per heavy atom. The van der Waals surface area contributed by atoms with Gasteiger partial charge in [0, 0.05) is 55.3 Å². The summed E-state index contributed by atoms with van der Waals surface area (Å²) in [5.74, 6) is 0.871. The Hall–Kier alpha value is -1.69. The fourth-order valence-electron chi connectivity index (χ4n) is 2.51. The number of rotatable bonds is 2. The molecule has 0 atom stereocenters. The summed E-state index contributed by atoms with van der Waals surface area (Å²) in [6, 6.07) is 4.25. The Morgan fingerprint density at radius 2 is 1.90 bits per heavy atom. The summed E-state index contributed by atoms with van der Waals surface area (Å²) in [6.07, 6.45) is 3.03. The molecule has 2 aromatic rings. The van der Waals surface area contributed by atoms with Crippen molar-refractivity contribution in [1.29, 1.82) is 0 Å². The molecular weight excluding hydrogens is 270 g/mol. The molecule has 0 saturated carbocycles. The minimum absolute atomic E-state index is 0.871. The molecule has 3 rings (SSSR count). The summed E-state index contributed by atoms with van der Waals surface area (Å²) < 4.78 is 4.28. The van der Waals surface area contributed by atoms with Crippen molar-refractivity contribution in [2.45, 2.75) is 20.3 Å². The van der Waals surface area contributed by atoms with Crippen molar-refractivity contribution >= 4 is 22.4 Å². The first-order valence-corrected chi connectivity index (χ1v) is 7.72. The third kappa shape index (κ3) is 2.90. The monoisotopic (exact) mass is 289 g/mol. The molecule has 2 aromatic heterocycles. The highest BCUT2D eigenvalue weighted by Gasteiger charge is 2.18. The van der Waals surface area contributed by atoms with Crippen molar-refractivity contribution in [3.8, 4) is 0 Å². The minimum Gasteiger partial charge on any atom is -0.370 e. The van der Waals surface area contributed by atoms with Gasteiger partial charge in [0.25, 0.3) is 0 Å². The lowest BCUT2D eigenvalue weighted by Gasteiger charge is -2.23. The van der Waals surface area contributed by atoms with E-state index in [4.69, 9.17) is 0 Å². The maximum atomic E-state index is 4.49. The van der Waals surface area contributed by atoms with Crippen LogP contribution in [0.4, 0.5) is 10.8 Å². The molecule has 106 valence electrons. The highest BCUT2D eigenvalue weighted by Crippen LogP contribution is 2.21. The van der Waals surface area contributed by atoms with Crippen LogP contribution in [0.2, 0.25) is 0 Å². The molecule has 0 unspecified atom stereocenters. The van der Waals surface area contributed by atoms with Gasteiger partial charge in [0.15, 0.2) is 0 Å². The van der Waals surface area contributed by atoms with Gasteiger partial charge in [-0.05, 0) is 32.4 Å². The molecular formula is C14H19N5S. The minimum atomic E-state index is 0.871. The standard InChI is InChI=1S/C14H19N5S/c1-11-10-13(4-5-15-11)18-6-3-7-19(9-8-18)14-16-12(2)17-20-14/h4-5,10H,3,6-9H2,1-2H3. The average molecular weight is 289 g/mol. The predicted octanol–water partition coefficient (Wildman–Crippen LogP) is 2.27. The number of hydrogen-bond acceptors (Lipinski definition) is 6. The first-order chi connectivity index (χ1) is 9.72. The van der Waals surface area contributed by atoms with Gasteiger partial charge in [-0.3, -0.25) is 4.98 Å². The van der Waals surface area contributed by atoms with E-state index in [1.807, 2.05) is 20.0 Å². The number of aromatic nitrogens is 3. The van der Waals surface area contributed by atoms with Gasteiger partial charge in [-0.1, -0.05) is 0 Å². The molecule has 0 aliphatic carbocycles. The van der Waals surface area contributed by atoms with Crippen molar-refractivity contribution in [3.63, 3.8) is 0 Å². The topological polar surface area (TPSA) is 45.2 Å². The van der Waals surface area contributed by atoms with E-state index in [0.717, 1.165) is 49.2 Å². The number of aryl methyl sites for hydroxylation is 2. The Labute approximate surface area is 123 Å². The molecule has 6 heteroatoms. The van der Waals surface area contributed by atoms with Gasteiger partial charge in [-0.2, -0.15) is 4.37 Å². The lowest BCUT2D eigenvalue weighted by atomic mass is 10.3. The number of pyridine rings is 1. The van der Waals surface area contributed by atoms with Crippen LogP contribution in [0.15, 0.2) is 18.3 Å². The van der Waals surface area contributed by atoms with Crippen molar-refractivity contribution in [1.82, 2.24) is 14.3 Å². The highest BCUT2D eigenvalue weighted by molar-refractivity contribution is 7.09. The van der Waals surface area contributed by atoms with Gasteiger partial charge in [-0.15, -0.1) is 0 Å². The molecule has 3 heterocycles. The van der Waals surface area contributed by atoms with Gasteiger partial charge >= 0.3 is 0 Å². The third-order valence-corrected chi connectivity index (χ3v) is 4.40. The van der Waals surface area contributed by atoms with E-state index in [2.05, 4.69) is 36.3 Å². The molecule has 0 aromatic carbocycles. The van der Waals surface area contributed by atoms with Crippen molar-refractivity contribution < 1.29 is 0 Å². The van der Waals surface area contributed by atoms with Gasteiger partial charge in [0.2, 0.25) is 5.13 Å². The van der Waals surface area contributed by atoms with Crippen LogP contribution >= 0.6 is 11.5 Å². The number of anilines is 2. The van der Waals surface area contributed by atoms with Crippen LogP contribution in [-0.4, -0.2) is 40.5 Å². The summed E-state index contributed by atoms with van der Waals surface area (Å²) in [5.41, 5.74) is 2.34. The molecule has 0 amide bonds. The maximum absolute atomic E-state index is 4.49. The molecule has 0 spiro atoms. The summed E-state index contributed by atoms with van der Waals surface area (Å²) in [4.78, 5) is 13.5. The molecule has 0 radical (unpaired) electrons. The first-order valence-electron chi connectivity index (χ1n) is 6.95. The summed E-state index contributed by atoms with van der Waals surface area (Å²) in [7, 11) is 0. The average Bonchev–Trinajstić information content (AvgIpc) is 2.73. The molecule has 20 heavy (non-hydrogen) atoms. The lowest BCUT2D eigenvalue weighted by Crippen LogP contribution is -2.30. The molecule has 1 aliphatic rings. The fourth-order valence-corrected chi connectivity index (χ4v) is 3.23. The quantitative estimate of drug-likeness (QED) is 0.848. The second kappa shape index (κ2) is 5.75. The summed E-state index contributed by atoms with van der Waals surface area (Å²) >= 11 is 1.50. The van der Waals surface area contributed by atoms with Crippen LogP contribution in [0.1, 0.15) is 17.9 Å². The smallest absolute Gasteiger partial charge is 0.205 e. The van der Waals surface area contributed by atoms with Crippen molar-refractivity contribution in [2.24, 2.45) is 0 Å². The molecule has 0 N–H and O–H groups in total. The Morgan fingerprint density at radius 3 is 2.65 bits per heavy atom. The normalized spacial score (nSPS) is 16.3. The van der Waals surface area contributed by atoms with Crippen LogP contribution in [0.3, 0.4) is 0 Å². The zero-order chi connectivity index (χ0) is 13.9. The number of hydrogen-bond donors (Lipinski definition) is 0. The maximum Gasteiger partial charge on any atom is 0.205 e. The van der Waals surface area contributed by atoms with E-state index >= 15 is 0 Å². The van der Waals surface area contributed by atoms with Crippen LogP contribution < -0.4 is 9.80 Å². The molecule has 5 nitrogen and oxygen atoms in total. The highest BCUT2D eigenvalue weighted by atomic mass is 32.1. The summed E-state index contributed by atoms with van der Waals surface area (Å²) in [6.45, 7) is 8.13. The fraction of sp³-hybridized carbons (Fsp3) is 0.500. The Bertz CT molecular complexity index is 582. The van der Waals surface area contributed by atoms with Gasteiger partial charge in [0.1, 0.15) is 5.82 Å². The van der Waals surface area contributed by atoms with E-state index in [-0.39, 0.29) is 0 Å². The second-order valence-corrected chi connectivity index (χ2v) is 5.84. The van der Waals surface area contributed by atoms with E-state index in [9.17, 15) is 0 Å². The SMILES string of the molecule is Cc1cc(N2CCCN(c3nc(C)ns3)CC2)ccn1. The van der Waals surface area contributed by atoms with Crippen molar-refractivity contribution in [3.05, 3.63) is 29.8 Å². The van der Waals surface area contributed by atoms with E-state index in [1.54, 1.807) is 0 Å².